The Labute approximate surface area is 250 Å². The number of aromatic nitrogens is 5. The highest BCUT2D eigenvalue weighted by Crippen LogP contribution is 2.45. The molecule has 0 bridgehead atoms. The first-order chi connectivity index (χ1) is 20.7. The number of likely N-dealkylation sites (tertiary alicyclic amines) is 1. The van der Waals surface area contributed by atoms with Crippen molar-refractivity contribution in [2.75, 3.05) is 44.8 Å². The average Bonchev–Trinajstić information content (AvgIpc) is 3.65. The predicted octanol–water partition coefficient (Wildman–Crippen LogP) is 3.87. The minimum Gasteiger partial charge on any atom is -0.383 e. The second-order valence-electron chi connectivity index (χ2n) is 12.0. The lowest BCUT2D eigenvalue weighted by atomic mass is 10.0. The Bertz CT molecular complexity index is 1710. The second-order valence-corrected chi connectivity index (χ2v) is 12.0. The van der Waals surface area contributed by atoms with Crippen LogP contribution in [0, 0.1) is 25.7 Å². The van der Waals surface area contributed by atoms with E-state index in [0.29, 0.717) is 45.8 Å². The standard InChI is InChI=1S/C32H37N9O2/c1-19-9-10-34-26(12-19)37-32(43)25-8-7-21(13-20(25)2)29-28-30(33)35-18-36-31(28)41(38-29)24-14-22-16-40(17-23(22)15-24)27(42)6-5-11-39(3)4/h5-10,12-13,18,22-24H,11,14-17H2,1-4H3,(H2,33,35,36)(H,34,37,43)/b6-5+. The number of hydrogen-bond donors (Lipinski definition) is 2. The van der Waals surface area contributed by atoms with Crippen LogP contribution >= 0.6 is 0 Å². The van der Waals surface area contributed by atoms with Crippen molar-refractivity contribution in [3.8, 4) is 11.3 Å². The minimum atomic E-state index is -0.224. The zero-order chi connectivity index (χ0) is 30.2. The molecule has 1 aliphatic heterocycles. The summed E-state index contributed by atoms with van der Waals surface area (Å²) in [4.78, 5) is 42.9. The van der Waals surface area contributed by atoms with E-state index in [1.54, 1.807) is 18.3 Å². The number of carbonyl (C=O) groups excluding carboxylic acids is 2. The van der Waals surface area contributed by atoms with Crippen LogP contribution in [0.1, 0.15) is 40.4 Å². The van der Waals surface area contributed by atoms with Crippen LogP contribution in [-0.4, -0.2) is 80.1 Å². The molecule has 4 heterocycles. The second kappa shape index (κ2) is 11.6. The Kier molecular flexibility index (Phi) is 7.66. The van der Waals surface area contributed by atoms with Gasteiger partial charge in [0.05, 0.1) is 11.4 Å². The van der Waals surface area contributed by atoms with Crippen molar-refractivity contribution in [1.29, 1.82) is 0 Å². The zero-order valence-corrected chi connectivity index (χ0v) is 25.0. The number of pyridine rings is 1. The lowest BCUT2D eigenvalue weighted by Crippen LogP contribution is -2.28. The van der Waals surface area contributed by atoms with E-state index in [1.165, 1.54) is 6.33 Å². The molecular formula is C32H37N9O2. The zero-order valence-electron chi connectivity index (χ0n) is 25.0. The number of rotatable bonds is 7. The summed E-state index contributed by atoms with van der Waals surface area (Å²) in [6.45, 7) is 6.12. The molecule has 11 nitrogen and oxygen atoms in total. The Morgan fingerprint density at radius 3 is 2.53 bits per heavy atom. The van der Waals surface area contributed by atoms with Gasteiger partial charge in [0.25, 0.3) is 5.91 Å². The van der Waals surface area contributed by atoms with E-state index in [9.17, 15) is 9.59 Å². The predicted molar refractivity (Wildman–Crippen MR) is 166 cm³/mol. The molecule has 3 aromatic heterocycles. The first kappa shape index (κ1) is 28.5. The minimum absolute atomic E-state index is 0.0859. The Morgan fingerprint density at radius 2 is 1.84 bits per heavy atom. The van der Waals surface area contributed by atoms with Crippen LogP contribution in [-0.2, 0) is 4.79 Å². The van der Waals surface area contributed by atoms with E-state index in [-0.39, 0.29) is 17.9 Å². The van der Waals surface area contributed by atoms with Gasteiger partial charge in [0.15, 0.2) is 5.65 Å². The first-order valence-electron chi connectivity index (χ1n) is 14.6. The van der Waals surface area contributed by atoms with Gasteiger partial charge >= 0.3 is 0 Å². The summed E-state index contributed by atoms with van der Waals surface area (Å²) in [5.41, 5.74) is 11.0. The van der Waals surface area contributed by atoms with Gasteiger partial charge in [-0.3, -0.25) is 9.59 Å². The highest BCUT2D eigenvalue weighted by Gasteiger charge is 2.43. The molecule has 1 saturated carbocycles. The Morgan fingerprint density at radius 1 is 1.07 bits per heavy atom. The summed E-state index contributed by atoms with van der Waals surface area (Å²) in [6, 6.07) is 9.51. The number of fused-ring (bicyclic) bond motifs is 2. The van der Waals surface area contributed by atoms with E-state index in [0.717, 1.165) is 49.2 Å². The molecule has 0 spiro atoms. The van der Waals surface area contributed by atoms with E-state index in [4.69, 9.17) is 10.8 Å². The van der Waals surface area contributed by atoms with Gasteiger partial charge in [0.2, 0.25) is 5.91 Å². The van der Waals surface area contributed by atoms with Crippen LogP contribution in [0.5, 0.6) is 0 Å². The summed E-state index contributed by atoms with van der Waals surface area (Å²) in [7, 11) is 3.97. The summed E-state index contributed by atoms with van der Waals surface area (Å²) < 4.78 is 2.00. The molecule has 2 unspecified atom stereocenters. The van der Waals surface area contributed by atoms with Gasteiger partial charge in [-0.1, -0.05) is 12.1 Å². The van der Waals surface area contributed by atoms with Gasteiger partial charge in [-0.05, 0) is 88.0 Å². The number of nitrogen functional groups attached to an aromatic ring is 1. The number of carbonyl (C=O) groups is 2. The smallest absolute Gasteiger partial charge is 0.257 e. The van der Waals surface area contributed by atoms with E-state index in [2.05, 4.69) is 20.3 Å². The highest BCUT2D eigenvalue weighted by atomic mass is 16.2. The SMILES string of the molecule is Cc1ccnc(NC(=O)c2ccc(-c3nn(C4CC5CN(C(=O)/C=C/CN(C)C)CC5C4)c4ncnc(N)c34)cc2C)c1. The number of likely N-dealkylation sites (N-methyl/N-ethyl adjacent to an activating group) is 1. The molecule has 6 rings (SSSR count). The molecule has 222 valence electrons. The number of nitrogens with one attached hydrogen (secondary N) is 1. The topological polar surface area (TPSA) is 135 Å². The number of anilines is 2. The van der Waals surface area contributed by atoms with Crippen molar-refractivity contribution in [2.45, 2.75) is 32.7 Å². The largest absolute Gasteiger partial charge is 0.383 e. The maximum atomic E-state index is 13.0. The third kappa shape index (κ3) is 5.72. The lowest BCUT2D eigenvalue weighted by Gasteiger charge is -2.18. The molecule has 1 aliphatic carbocycles. The quantitative estimate of drug-likeness (QED) is 0.315. The fourth-order valence-electron chi connectivity index (χ4n) is 6.42. The van der Waals surface area contributed by atoms with Crippen LogP contribution < -0.4 is 11.1 Å². The number of hydrogen-bond acceptors (Lipinski definition) is 8. The van der Waals surface area contributed by atoms with E-state index >= 15 is 0 Å². The molecule has 11 heteroatoms. The average molecular weight is 580 g/mol. The molecule has 43 heavy (non-hydrogen) atoms. The van der Waals surface area contributed by atoms with Crippen molar-refractivity contribution in [2.24, 2.45) is 11.8 Å². The van der Waals surface area contributed by atoms with Gasteiger partial charge < -0.3 is 20.9 Å². The maximum Gasteiger partial charge on any atom is 0.257 e. The number of amides is 2. The maximum absolute atomic E-state index is 13.0. The van der Waals surface area contributed by atoms with Crippen molar-refractivity contribution in [3.63, 3.8) is 0 Å². The van der Waals surface area contributed by atoms with E-state index < -0.39 is 0 Å². The third-order valence-corrected chi connectivity index (χ3v) is 8.53. The van der Waals surface area contributed by atoms with Crippen LogP contribution in [0.15, 0.2) is 55.0 Å². The molecule has 2 atom stereocenters. The van der Waals surface area contributed by atoms with Gasteiger partial charge in [-0.15, -0.1) is 0 Å². The number of aryl methyl sites for hydroxylation is 2. The van der Waals surface area contributed by atoms with Crippen molar-refractivity contribution in [3.05, 3.63) is 71.7 Å². The van der Waals surface area contributed by atoms with Crippen LogP contribution in [0.3, 0.4) is 0 Å². The molecule has 1 saturated heterocycles. The molecule has 3 N–H and O–H groups in total. The normalized spacial score (nSPS) is 19.9. The lowest BCUT2D eigenvalue weighted by molar-refractivity contribution is -0.125. The molecule has 2 aliphatic rings. The number of nitrogens with zero attached hydrogens (tertiary/aromatic N) is 7. The fourth-order valence-corrected chi connectivity index (χ4v) is 6.42. The molecule has 1 aromatic carbocycles. The van der Waals surface area contributed by atoms with E-state index in [1.807, 2.05) is 72.8 Å². The fraction of sp³-hybridized carbons (Fsp3) is 0.375. The molecular weight excluding hydrogens is 542 g/mol. The van der Waals surface area contributed by atoms with Crippen LogP contribution in [0.2, 0.25) is 0 Å². The Balaban J connectivity index is 1.23. The molecule has 0 radical (unpaired) electrons. The summed E-state index contributed by atoms with van der Waals surface area (Å²) in [5.74, 6) is 1.58. The van der Waals surface area contributed by atoms with Crippen LogP contribution in [0.25, 0.3) is 22.3 Å². The van der Waals surface area contributed by atoms with Gasteiger partial charge in [0.1, 0.15) is 23.7 Å². The third-order valence-electron chi connectivity index (χ3n) is 8.53. The molecule has 2 amide bonds. The first-order valence-corrected chi connectivity index (χ1v) is 14.6. The number of benzene rings is 1. The summed E-state index contributed by atoms with van der Waals surface area (Å²) in [5, 5.41) is 8.65. The summed E-state index contributed by atoms with van der Waals surface area (Å²) in [6.07, 6.45) is 8.60. The number of nitrogens with two attached hydrogens (primary N) is 1. The van der Waals surface area contributed by atoms with Crippen molar-refractivity contribution in [1.82, 2.24) is 34.5 Å². The van der Waals surface area contributed by atoms with Gasteiger partial charge in [-0.2, -0.15) is 5.10 Å². The summed E-state index contributed by atoms with van der Waals surface area (Å²) >= 11 is 0. The van der Waals surface area contributed by atoms with Crippen molar-refractivity contribution >= 4 is 34.5 Å². The monoisotopic (exact) mass is 579 g/mol. The Hall–Kier alpha value is -4.64. The van der Waals surface area contributed by atoms with Crippen LogP contribution in [0.4, 0.5) is 11.6 Å². The molecule has 2 fully saturated rings. The highest BCUT2D eigenvalue weighted by molar-refractivity contribution is 6.05. The molecule has 4 aromatic rings. The van der Waals surface area contributed by atoms with Crippen molar-refractivity contribution < 1.29 is 9.59 Å². The van der Waals surface area contributed by atoms with Gasteiger partial charge in [0, 0.05) is 43.0 Å². The van der Waals surface area contributed by atoms with Gasteiger partial charge in [-0.25, -0.2) is 19.6 Å².